The topological polar surface area (TPSA) is 75.1 Å². The van der Waals surface area contributed by atoms with Gasteiger partial charge >= 0.3 is 0 Å². The summed E-state index contributed by atoms with van der Waals surface area (Å²) in [5.74, 6) is 1.05. The van der Waals surface area contributed by atoms with Crippen LogP contribution in [0.2, 0.25) is 0 Å². The van der Waals surface area contributed by atoms with Crippen molar-refractivity contribution in [3.05, 3.63) is 53.0 Å². The minimum absolute atomic E-state index is 0.0685. The van der Waals surface area contributed by atoms with Gasteiger partial charge in [0.05, 0.1) is 37.6 Å². The quantitative estimate of drug-likeness (QED) is 0.533. The van der Waals surface area contributed by atoms with E-state index in [9.17, 15) is 9.90 Å². The van der Waals surface area contributed by atoms with E-state index in [0.717, 1.165) is 34.6 Å². The second-order valence-corrected chi connectivity index (χ2v) is 9.00. The van der Waals surface area contributed by atoms with Gasteiger partial charge in [-0.2, -0.15) is 0 Å². The molecule has 1 saturated heterocycles. The second kappa shape index (κ2) is 10.3. The lowest BCUT2D eigenvalue weighted by Gasteiger charge is -2.30. The minimum atomic E-state index is -0.0685. The maximum Gasteiger partial charge on any atom is 0.254 e. The van der Waals surface area contributed by atoms with Gasteiger partial charge in [0.25, 0.3) is 5.91 Å². The Kier molecular flexibility index (Phi) is 7.24. The Morgan fingerprint density at radius 3 is 2.78 bits per heavy atom. The van der Waals surface area contributed by atoms with E-state index in [2.05, 4.69) is 11.0 Å². The van der Waals surface area contributed by atoms with Gasteiger partial charge < -0.3 is 19.5 Å². The zero-order valence-corrected chi connectivity index (χ0v) is 19.3. The third-order valence-electron chi connectivity index (χ3n) is 5.90. The van der Waals surface area contributed by atoms with Crippen LogP contribution >= 0.6 is 11.3 Å². The zero-order valence-electron chi connectivity index (χ0n) is 18.5. The summed E-state index contributed by atoms with van der Waals surface area (Å²) in [5.41, 5.74) is 1.50. The molecule has 1 aliphatic rings. The van der Waals surface area contributed by atoms with Gasteiger partial charge in [0.1, 0.15) is 5.01 Å². The van der Waals surface area contributed by atoms with Crippen LogP contribution in [0.5, 0.6) is 11.5 Å². The Hall–Kier alpha value is -2.68. The lowest BCUT2D eigenvalue weighted by Crippen LogP contribution is -2.43. The van der Waals surface area contributed by atoms with Crippen LogP contribution in [0, 0.1) is 0 Å². The van der Waals surface area contributed by atoms with Crippen molar-refractivity contribution in [1.82, 2.24) is 14.8 Å². The minimum Gasteiger partial charge on any atom is -0.493 e. The number of β-amino-alcohol motifs (C(OH)–C–C–N with tert-alkyl or cyclic N) is 1. The number of hydrogen-bond donors (Lipinski definition) is 1. The van der Waals surface area contributed by atoms with Crippen LogP contribution in [0.15, 0.2) is 42.5 Å². The molecule has 0 spiro atoms. The summed E-state index contributed by atoms with van der Waals surface area (Å²) in [6, 6.07) is 13.5. The molecule has 4 rings (SSSR count). The van der Waals surface area contributed by atoms with Gasteiger partial charge in [-0.3, -0.25) is 9.69 Å². The highest BCUT2D eigenvalue weighted by Crippen LogP contribution is 2.29. The number of likely N-dealkylation sites (tertiary alicyclic amines) is 1. The highest BCUT2D eigenvalue weighted by molar-refractivity contribution is 7.18. The lowest BCUT2D eigenvalue weighted by atomic mass is 10.1. The Bertz CT molecular complexity index is 1040. The summed E-state index contributed by atoms with van der Waals surface area (Å²) in [4.78, 5) is 22.5. The number of methoxy groups -OCH3 is 2. The maximum atomic E-state index is 13.6. The van der Waals surface area contributed by atoms with E-state index in [4.69, 9.17) is 14.5 Å². The number of rotatable bonds is 9. The number of benzene rings is 2. The second-order valence-electron chi connectivity index (χ2n) is 7.89. The van der Waals surface area contributed by atoms with Crippen molar-refractivity contribution >= 4 is 27.5 Å². The molecule has 3 aromatic rings. The molecule has 2 aromatic carbocycles. The molecule has 1 atom stereocenters. The zero-order chi connectivity index (χ0) is 22.5. The number of fused-ring (bicyclic) bond motifs is 1. The lowest BCUT2D eigenvalue weighted by molar-refractivity contribution is 0.0679. The molecule has 32 heavy (non-hydrogen) atoms. The smallest absolute Gasteiger partial charge is 0.254 e. The van der Waals surface area contributed by atoms with E-state index in [1.807, 2.05) is 23.1 Å². The number of carbonyl (C=O) groups excluding carboxylic acids is 1. The van der Waals surface area contributed by atoms with Gasteiger partial charge in [-0.25, -0.2) is 4.98 Å². The Morgan fingerprint density at radius 2 is 2.03 bits per heavy atom. The largest absolute Gasteiger partial charge is 0.493 e. The number of hydrogen-bond acceptors (Lipinski definition) is 7. The molecule has 0 saturated carbocycles. The van der Waals surface area contributed by atoms with E-state index in [1.165, 1.54) is 0 Å². The van der Waals surface area contributed by atoms with E-state index in [1.54, 1.807) is 43.8 Å². The van der Waals surface area contributed by atoms with Crippen molar-refractivity contribution in [2.24, 2.45) is 0 Å². The molecule has 1 aromatic heterocycles. The average molecular weight is 456 g/mol. The molecule has 7 nitrogen and oxygen atoms in total. The third-order valence-corrected chi connectivity index (χ3v) is 6.92. The van der Waals surface area contributed by atoms with Crippen LogP contribution in [0.4, 0.5) is 0 Å². The van der Waals surface area contributed by atoms with Crippen LogP contribution < -0.4 is 9.47 Å². The van der Waals surface area contributed by atoms with Gasteiger partial charge in [-0.15, -0.1) is 11.3 Å². The molecule has 0 aliphatic carbocycles. The fourth-order valence-corrected chi connectivity index (χ4v) is 5.28. The molecule has 1 fully saturated rings. The molecule has 1 N–H and O–H groups in total. The van der Waals surface area contributed by atoms with Crippen LogP contribution in [-0.2, 0) is 6.54 Å². The Morgan fingerprint density at radius 1 is 1.22 bits per heavy atom. The Labute approximate surface area is 192 Å². The molecule has 1 aliphatic heterocycles. The number of carbonyl (C=O) groups is 1. The number of aromatic nitrogens is 1. The third kappa shape index (κ3) is 4.87. The normalized spacial score (nSPS) is 16.4. The standard InChI is InChI=1S/C24H29N3O4S/c1-30-20-10-9-17(14-21(20)31-2)24(29)27(15-18-6-5-11-26(18)12-13-28)16-23-25-19-7-3-4-8-22(19)32-23/h3-4,7-10,14,18,28H,5-6,11-13,15-16H2,1-2H3/t18-/m0/s1. The molecule has 0 bridgehead atoms. The molecule has 170 valence electrons. The van der Waals surface area contributed by atoms with Crippen LogP contribution in [-0.4, -0.2) is 72.3 Å². The van der Waals surface area contributed by atoms with Crippen molar-refractivity contribution in [3.8, 4) is 11.5 Å². The number of para-hydroxylation sites is 1. The summed E-state index contributed by atoms with van der Waals surface area (Å²) in [5, 5.41) is 10.3. The molecule has 2 heterocycles. The molecule has 0 unspecified atom stereocenters. The van der Waals surface area contributed by atoms with Crippen molar-refractivity contribution < 1.29 is 19.4 Å². The number of thiazole rings is 1. The molecule has 8 heteroatoms. The predicted molar refractivity (Wildman–Crippen MR) is 126 cm³/mol. The van der Waals surface area contributed by atoms with E-state index >= 15 is 0 Å². The first-order valence-corrected chi connectivity index (χ1v) is 11.6. The number of aliphatic hydroxyl groups excluding tert-OH is 1. The summed E-state index contributed by atoms with van der Waals surface area (Å²) in [6.45, 7) is 2.73. The summed E-state index contributed by atoms with van der Waals surface area (Å²) >= 11 is 1.62. The van der Waals surface area contributed by atoms with E-state index < -0.39 is 0 Å². The molecular formula is C24H29N3O4S. The van der Waals surface area contributed by atoms with Crippen LogP contribution in [0.3, 0.4) is 0 Å². The van der Waals surface area contributed by atoms with E-state index in [-0.39, 0.29) is 18.6 Å². The summed E-state index contributed by atoms with van der Waals surface area (Å²) in [6.07, 6.45) is 2.08. The van der Waals surface area contributed by atoms with Crippen LogP contribution in [0.25, 0.3) is 10.2 Å². The highest BCUT2D eigenvalue weighted by Gasteiger charge is 2.29. The van der Waals surface area contributed by atoms with Crippen molar-refractivity contribution in [2.45, 2.75) is 25.4 Å². The number of aliphatic hydroxyl groups is 1. The first-order chi connectivity index (χ1) is 15.6. The van der Waals surface area contributed by atoms with Gasteiger partial charge in [0, 0.05) is 24.7 Å². The number of ether oxygens (including phenoxy) is 2. The first-order valence-electron chi connectivity index (χ1n) is 10.8. The fraction of sp³-hybridized carbons (Fsp3) is 0.417. The number of nitrogens with zero attached hydrogens (tertiary/aromatic N) is 3. The molecule has 0 radical (unpaired) electrons. The van der Waals surface area contributed by atoms with Crippen molar-refractivity contribution in [1.29, 1.82) is 0 Å². The van der Waals surface area contributed by atoms with E-state index in [0.29, 0.717) is 36.7 Å². The summed E-state index contributed by atoms with van der Waals surface area (Å²) < 4.78 is 11.8. The highest BCUT2D eigenvalue weighted by atomic mass is 32.1. The predicted octanol–water partition coefficient (Wildman–Crippen LogP) is 3.41. The SMILES string of the molecule is COc1ccc(C(=O)N(Cc2nc3ccccc3s2)C[C@@H]2CCCN2CCO)cc1OC. The van der Waals surface area contributed by atoms with Gasteiger partial charge in [-0.1, -0.05) is 12.1 Å². The van der Waals surface area contributed by atoms with Gasteiger partial charge in [0.15, 0.2) is 11.5 Å². The molecular weight excluding hydrogens is 426 g/mol. The number of amides is 1. The average Bonchev–Trinajstić information content (AvgIpc) is 3.44. The summed E-state index contributed by atoms with van der Waals surface area (Å²) in [7, 11) is 3.14. The van der Waals surface area contributed by atoms with Gasteiger partial charge in [-0.05, 0) is 49.7 Å². The van der Waals surface area contributed by atoms with Gasteiger partial charge in [0.2, 0.25) is 0 Å². The fourth-order valence-electron chi connectivity index (χ4n) is 4.30. The van der Waals surface area contributed by atoms with Crippen molar-refractivity contribution in [2.75, 3.05) is 40.5 Å². The Balaban J connectivity index is 1.62. The monoisotopic (exact) mass is 455 g/mol. The van der Waals surface area contributed by atoms with Crippen LogP contribution in [0.1, 0.15) is 28.2 Å². The maximum absolute atomic E-state index is 13.6. The first kappa shape index (κ1) is 22.5. The van der Waals surface area contributed by atoms with Crippen molar-refractivity contribution in [3.63, 3.8) is 0 Å². The molecule has 1 amide bonds.